The Morgan fingerprint density at radius 1 is 1.32 bits per heavy atom. The summed E-state index contributed by atoms with van der Waals surface area (Å²) in [6, 6.07) is 12.7. The molecule has 0 atom stereocenters. The lowest BCUT2D eigenvalue weighted by Crippen LogP contribution is -2.30. The highest BCUT2D eigenvalue weighted by molar-refractivity contribution is 5.94. The van der Waals surface area contributed by atoms with Gasteiger partial charge in [0.2, 0.25) is 5.91 Å². The third-order valence-electron chi connectivity index (χ3n) is 3.48. The van der Waals surface area contributed by atoms with Gasteiger partial charge in [-0.05, 0) is 30.3 Å². The monoisotopic (exact) mass is 340 g/mol. The lowest BCUT2D eigenvalue weighted by molar-refractivity contribution is -0.384. The Kier molecular flexibility index (Phi) is 5.53. The highest BCUT2D eigenvalue weighted by atomic mass is 16.6. The van der Waals surface area contributed by atoms with Crippen LogP contribution in [0, 0.1) is 21.4 Å². The molecule has 0 heterocycles. The van der Waals surface area contributed by atoms with Gasteiger partial charge in [-0.2, -0.15) is 5.26 Å². The zero-order valence-corrected chi connectivity index (χ0v) is 13.7. The van der Waals surface area contributed by atoms with E-state index in [0.29, 0.717) is 17.1 Å². The number of ether oxygens (including phenoxy) is 1. The number of anilines is 2. The number of nitriles is 1. The molecule has 0 spiro atoms. The summed E-state index contributed by atoms with van der Waals surface area (Å²) < 4.78 is 5.05. The second-order valence-electron chi connectivity index (χ2n) is 5.20. The second kappa shape index (κ2) is 7.79. The van der Waals surface area contributed by atoms with Gasteiger partial charge in [-0.15, -0.1) is 0 Å². The third-order valence-corrected chi connectivity index (χ3v) is 3.48. The van der Waals surface area contributed by atoms with E-state index in [1.54, 1.807) is 43.3 Å². The molecule has 2 aromatic rings. The molecule has 2 aromatic carbocycles. The molecule has 25 heavy (non-hydrogen) atoms. The van der Waals surface area contributed by atoms with Crippen LogP contribution in [0.5, 0.6) is 5.75 Å². The minimum atomic E-state index is -0.568. The van der Waals surface area contributed by atoms with Crippen LogP contribution in [-0.4, -0.2) is 31.5 Å². The SMILES string of the molecule is COc1ccc(NC(=O)CN(C)c2ccc([N+](=O)[O-])cc2C#N)cc1. The van der Waals surface area contributed by atoms with Crippen molar-refractivity contribution in [3.63, 3.8) is 0 Å². The quantitative estimate of drug-likeness (QED) is 0.639. The van der Waals surface area contributed by atoms with Gasteiger partial charge >= 0.3 is 0 Å². The number of likely N-dealkylation sites (N-methyl/N-ethyl adjacent to an activating group) is 1. The van der Waals surface area contributed by atoms with Gasteiger partial charge in [0.05, 0.1) is 29.8 Å². The molecule has 0 fully saturated rings. The molecule has 0 saturated heterocycles. The number of carbonyl (C=O) groups is 1. The molecule has 8 nitrogen and oxygen atoms in total. The van der Waals surface area contributed by atoms with Crippen molar-refractivity contribution < 1.29 is 14.5 Å². The molecule has 0 aliphatic rings. The minimum absolute atomic E-state index is 0.0154. The first-order valence-corrected chi connectivity index (χ1v) is 7.28. The fourth-order valence-electron chi connectivity index (χ4n) is 2.24. The lowest BCUT2D eigenvalue weighted by Gasteiger charge is -2.19. The van der Waals surface area contributed by atoms with Crippen molar-refractivity contribution in [2.75, 3.05) is 30.9 Å². The molecular weight excluding hydrogens is 324 g/mol. The van der Waals surface area contributed by atoms with E-state index in [1.165, 1.54) is 18.2 Å². The maximum absolute atomic E-state index is 12.2. The first-order valence-electron chi connectivity index (χ1n) is 7.28. The standard InChI is InChI=1S/C17H16N4O4/c1-20(16-8-5-14(21(23)24)9-12(16)10-18)11-17(22)19-13-3-6-15(25-2)7-4-13/h3-9H,11H2,1-2H3,(H,19,22). The van der Waals surface area contributed by atoms with Crippen LogP contribution >= 0.6 is 0 Å². The Morgan fingerprint density at radius 2 is 2.00 bits per heavy atom. The molecule has 0 saturated carbocycles. The molecule has 0 radical (unpaired) electrons. The van der Waals surface area contributed by atoms with Gasteiger partial charge in [-0.1, -0.05) is 0 Å². The van der Waals surface area contributed by atoms with Gasteiger partial charge in [0.1, 0.15) is 11.8 Å². The van der Waals surface area contributed by atoms with Crippen LogP contribution in [0.1, 0.15) is 5.56 Å². The van der Waals surface area contributed by atoms with Crippen LogP contribution in [-0.2, 0) is 4.79 Å². The Bertz CT molecular complexity index is 828. The molecule has 0 aliphatic carbocycles. The van der Waals surface area contributed by atoms with Crippen LogP contribution in [0.25, 0.3) is 0 Å². The Labute approximate surface area is 144 Å². The minimum Gasteiger partial charge on any atom is -0.497 e. The fraction of sp³-hybridized carbons (Fsp3) is 0.176. The highest BCUT2D eigenvalue weighted by Crippen LogP contribution is 2.24. The number of carbonyl (C=O) groups excluding carboxylic acids is 1. The maximum Gasteiger partial charge on any atom is 0.270 e. The van der Waals surface area contributed by atoms with E-state index in [9.17, 15) is 20.2 Å². The summed E-state index contributed by atoms with van der Waals surface area (Å²) in [6.45, 7) is -0.0154. The van der Waals surface area contributed by atoms with Crippen LogP contribution in [0.2, 0.25) is 0 Å². The van der Waals surface area contributed by atoms with Crippen molar-refractivity contribution in [1.29, 1.82) is 5.26 Å². The van der Waals surface area contributed by atoms with Gasteiger partial charge in [0.15, 0.2) is 0 Å². The summed E-state index contributed by atoms with van der Waals surface area (Å²) in [4.78, 5) is 23.9. The topological polar surface area (TPSA) is 108 Å². The lowest BCUT2D eigenvalue weighted by atomic mass is 10.1. The normalized spacial score (nSPS) is 9.80. The van der Waals surface area contributed by atoms with E-state index in [-0.39, 0.29) is 23.7 Å². The highest BCUT2D eigenvalue weighted by Gasteiger charge is 2.15. The van der Waals surface area contributed by atoms with E-state index < -0.39 is 4.92 Å². The number of nitro groups is 1. The molecular formula is C17H16N4O4. The largest absolute Gasteiger partial charge is 0.497 e. The van der Waals surface area contributed by atoms with Crippen LogP contribution in [0.4, 0.5) is 17.1 Å². The molecule has 8 heteroatoms. The predicted octanol–water partition coefficient (Wildman–Crippen LogP) is 2.55. The zero-order valence-electron chi connectivity index (χ0n) is 13.7. The van der Waals surface area contributed by atoms with Crippen molar-refractivity contribution in [3.8, 4) is 11.8 Å². The summed E-state index contributed by atoms with van der Waals surface area (Å²) in [5.74, 6) is 0.398. The summed E-state index contributed by atoms with van der Waals surface area (Å²) in [6.07, 6.45) is 0. The number of non-ortho nitro benzene ring substituents is 1. The molecule has 0 bridgehead atoms. The van der Waals surface area contributed by atoms with E-state index in [2.05, 4.69) is 5.32 Å². The van der Waals surface area contributed by atoms with E-state index in [1.807, 2.05) is 6.07 Å². The second-order valence-corrected chi connectivity index (χ2v) is 5.20. The zero-order chi connectivity index (χ0) is 18.4. The van der Waals surface area contributed by atoms with Gasteiger partial charge in [0.25, 0.3) is 5.69 Å². The number of rotatable bonds is 6. The number of nitrogens with zero attached hydrogens (tertiary/aromatic N) is 3. The summed E-state index contributed by atoms with van der Waals surface area (Å²) >= 11 is 0. The smallest absolute Gasteiger partial charge is 0.270 e. The van der Waals surface area contributed by atoms with Gasteiger partial charge in [-0.3, -0.25) is 14.9 Å². The van der Waals surface area contributed by atoms with Gasteiger partial charge in [-0.25, -0.2) is 0 Å². The molecule has 128 valence electrons. The van der Waals surface area contributed by atoms with Crippen molar-refractivity contribution in [3.05, 3.63) is 58.1 Å². The average molecular weight is 340 g/mol. The van der Waals surface area contributed by atoms with Crippen molar-refractivity contribution in [2.24, 2.45) is 0 Å². The molecule has 2 rings (SSSR count). The number of amides is 1. The van der Waals surface area contributed by atoms with Crippen molar-refractivity contribution in [2.45, 2.75) is 0 Å². The fourth-order valence-corrected chi connectivity index (χ4v) is 2.24. The Hall–Kier alpha value is -3.60. The van der Waals surface area contributed by atoms with Gasteiger partial charge in [0, 0.05) is 24.9 Å². The molecule has 0 aromatic heterocycles. The maximum atomic E-state index is 12.2. The molecule has 1 amide bonds. The van der Waals surface area contributed by atoms with Crippen LogP contribution in [0.3, 0.4) is 0 Å². The number of nitrogens with one attached hydrogen (secondary N) is 1. The predicted molar refractivity (Wildman–Crippen MR) is 92.7 cm³/mol. The molecule has 0 unspecified atom stereocenters. The summed E-state index contributed by atoms with van der Waals surface area (Å²) in [7, 11) is 3.19. The molecule has 0 aliphatic heterocycles. The number of hydrogen-bond acceptors (Lipinski definition) is 6. The summed E-state index contributed by atoms with van der Waals surface area (Å²) in [5, 5.41) is 22.7. The molecule has 1 N–H and O–H groups in total. The van der Waals surface area contributed by atoms with E-state index in [0.717, 1.165) is 0 Å². The number of methoxy groups -OCH3 is 1. The average Bonchev–Trinajstić information content (AvgIpc) is 2.61. The first kappa shape index (κ1) is 17.7. The van der Waals surface area contributed by atoms with Crippen LogP contribution in [0.15, 0.2) is 42.5 Å². The van der Waals surface area contributed by atoms with Crippen LogP contribution < -0.4 is 15.0 Å². The Balaban J connectivity index is 2.07. The van der Waals surface area contributed by atoms with E-state index in [4.69, 9.17) is 4.74 Å². The van der Waals surface area contributed by atoms with E-state index >= 15 is 0 Å². The van der Waals surface area contributed by atoms with Crippen molar-refractivity contribution >= 4 is 23.0 Å². The third kappa shape index (κ3) is 4.45. The first-order chi connectivity index (χ1) is 11.9. The number of benzene rings is 2. The van der Waals surface area contributed by atoms with Gasteiger partial charge < -0.3 is 15.0 Å². The summed E-state index contributed by atoms with van der Waals surface area (Å²) in [5.41, 5.74) is 1.02. The number of hydrogen-bond donors (Lipinski definition) is 1. The van der Waals surface area contributed by atoms with Crippen molar-refractivity contribution in [1.82, 2.24) is 0 Å². The Morgan fingerprint density at radius 3 is 2.56 bits per heavy atom. The number of nitro benzene ring substituents is 1.